The van der Waals surface area contributed by atoms with Crippen LogP contribution in [0.15, 0.2) is 30.3 Å². The Morgan fingerprint density at radius 1 is 1.06 bits per heavy atom. The molecule has 0 saturated carbocycles. The third kappa shape index (κ3) is 5.59. The summed E-state index contributed by atoms with van der Waals surface area (Å²) in [5, 5.41) is 10.7. The van der Waals surface area contributed by atoms with E-state index in [0.717, 1.165) is 18.4 Å². The number of pyridine rings is 1. The number of nitrogens with two attached hydrogens (primary N) is 2. The first-order chi connectivity index (χ1) is 16.4. The monoisotopic (exact) mass is 465 g/mol. The van der Waals surface area contributed by atoms with Crippen LogP contribution in [0, 0.1) is 6.92 Å². The molecule has 0 bridgehead atoms. The van der Waals surface area contributed by atoms with Gasteiger partial charge >= 0.3 is 0 Å². The van der Waals surface area contributed by atoms with Gasteiger partial charge in [0.25, 0.3) is 5.91 Å². The van der Waals surface area contributed by atoms with Crippen LogP contribution < -0.4 is 20.9 Å². The van der Waals surface area contributed by atoms with Crippen LogP contribution in [0.1, 0.15) is 66.9 Å². The Balaban J connectivity index is 1.97. The zero-order chi connectivity index (χ0) is 24.7. The summed E-state index contributed by atoms with van der Waals surface area (Å²) in [7, 11) is 1.59. The maximum absolute atomic E-state index is 12.4. The fourth-order valence-electron chi connectivity index (χ4n) is 4.11. The van der Waals surface area contributed by atoms with Crippen molar-refractivity contribution in [3.05, 3.63) is 47.0 Å². The van der Waals surface area contributed by atoms with Crippen LogP contribution in [0.2, 0.25) is 0 Å². The van der Waals surface area contributed by atoms with Crippen molar-refractivity contribution in [1.29, 1.82) is 0 Å². The number of carbonyl (C=O) groups excluding carboxylic acids is 1. The smallest absolute Gasteiger partial charge is 0.250 e. The molecule has 5 N–H and O–H groups in total. The van der Waals surface area contributed by atoms with Crippen molar-refractivity contribution >= 4 is 22.5 Å². The Hall–Kier alpha value is -3.32. The number of hydrogen-bond acceptors (Lipinski definition) is 6. The van der Waals surface area contributed by atoms with Crippen LogP contribution in [-0.4, -0.2) is 29.7 Å². The highest BCUT2D eigenvalue weighted by molar-refractivity contribution is 6.03. The minimum Gasteiger partial charge on any atom is -0.493 e. The van der Waals surface area contributed by atoms with E-state index in [1.54, 1.807) is 31.4 Å². The van der Waals surface area contributed by atoms with Crippen molar-refractivity contribution in [2.24, 2.45) is 5.73 Å². The number of primary amides is 1. The lowest BCUT2D eigenvalue weighted by Crippen LogP contribution is -2.14. The Kier molecular flexibility index (Phi) is 8.71. The third-order valence-corrected chi connectivity index (χ3v) is 6.17. The molecule has 0 aliphatic carbocycles. The minimum atomic E-state index is -0.604. The molecule has 0 saturated heterocycles. The fourth-order valence-corrected chi connectivity index (χ4v) is 4.11. The van der Waals surface area contributed by atoms with Gasteiger partial charge in [0, 0.05) is 22.7 Å². The van der Waals surface area contributed by atoms with Crippen molar-refractivity contribution < 1.29 is 19.4 Å². The standard InChI is InChI=1S/C27H35N3O4/c1-4-5-6-7-8-9-12-34-25-14-18-13-20(27(29)32)26(30-23(18)15-24(25)33-3)19-10-11-22(28)17(2)21(19)16-31/h10-11,13-15,31H,4-9,12,16,28H2,1-3H3,(H2,29,32). The number of aliphatic hydroxyl groups is 1. The Bertz CT molecular complexity index is 1160. The zero-order valence-corrected chi connectivity index (χ0v) is 20.3. The summed E-state index contributed by atoms with van der Waals surface area (Å²) in [6.45, 7) is 4.39. The van der Waals surface area contributed by atoms with Crippen molar-refractivity contribution in [3.63, 3.8) is 0 Å². The number of ether oxygens (including phenoxy) is 2. The van der Waals surface area contributed by atoms with Gasteiger partial charge in [0.05, 0.1) is 37.1 Å². The average Bonchev–Trinajstić information content (AvgIpc) is 2.83. The van der Waals surface area contributed by atoms with Crippen molar-refractivity contribution in [2.45, 2.75) is 59.0 Å². The normalized spacial score (nSPS) is 11.1. The summed E-state index contributed by atoms with van der Waals surface area (Å²) in [5.41, 5.74) is 15.6. The SMILES string of the molecule is CCCCCCCCOc1cc2cc(C(N)=O)c(-c3ccc(N)c(C)c3CO)nc2cc1OC. The minimum absolute atomic E-state index is 0.237. The Labute approximate surface area is 201 Å². The molecule has 0 fully saturated rings. The van der Waals surface area contributed by atoms with Gasteiger partial charge in [0.1, 0.15) is 0 Å². The number of fused-ring (bicyclic) bond motifs is 1. The molecule has 0 atom stereocenters. The summed E-state index contributed by atoms with van der Waals surface area (Å²) in [6.07, 6.45) is 7.06. The number of unbranched alkanes of at least 4 members (excludes halogenated alkanes) is 5. The predicted molar refractivity (Wildman–Crippen MR) is 136 cm³/mol. The number of amides is 1. The second kappa shape index (κ2) is 11.7. The summed E-state index contributed by atoms with van der Waals surface area (Å²) in [4.78, 5) is 17.1. The molecule has 3 rings (SSSR count). The molecule has 34 heavy (non-hydrogen) atoms. The lowest BCUT2D eigenvalue weighted by molar-refractivity contribution is 0.100. The number of aromatic nitrogens is 1. The molecule has 1 amide bonds. The van der Waals surface area contributed by atoms with E-state index in [9.17, 15) is 9.90 Å². The number of benzene rings is 2. The van der Waals surface area contributed by atoms with Gasteiger partial charge < -0.3 is 26.0 Å². The molecular formula is C27H35N3O4. The molecule has 2 aromatic carbocycles. The van der Waals surface area contributed by atoms with E-state index in [1.807, 2.05) is 13.0 Å². The maximum atomic E-state index is 12.4. The molecule has 7 nitrogen and oxygen atoms in total. The molecule has 3 aromatic rings. The molecule has 7 heteroatoms. The van der Waals surface area contributed by atoms with Crippen LogP contribution in [0.3, 0.4) is 0 Å². The quantitative estimate of drug-likeness (QED) is 0.252. The maximum Gasteiger partial charge on any atom is 0.250 e. The number of methoxy groups -OCH3 is 1. The number of nitrogens with zero attached hydrogens (tertiary/aromatic N) is 1. The molecule has 182 valence electrons. The summed E-state index contributed by atoms with van der Waals surface area (Å²) in [5.74, 6) is 0.570. The average molecular weight is 466 g/mol. The van der Waals surface area contributed by atoms with Gasteiger partial charge in [-0.15, -0.1) is 0 Å². The molecule has 0 spiro atoms. The third-order valence-electron chi connectivity index (χ3n) is 6.17. The number of anilines is 1. The van der Waals surface area contributed by atoms with Crippen LogP contribution >= 0.6 is 0 Å². The molecule has 0 unspecified atom stereocenters. The molecule has 1 aromatic heterocycles. The van der Waals surface area contributed by atoms with E-state index >= 15 is 0 Å². The van der Waals surface area contributed by atoms with Gasteiger partial charge in [-0.3, -0.25) is 4.79 Å². The molecule has 0 aliphatic heterocycles. The van der Waals surface area contributed by atoms with Crippen molar-refractivity contribution in [3.8, 4) is 22.8 Å². The Morgan fingerprint density at radius 2 is 1.79 bits per heavy atom. The fraction of sp³-hybridized carbons (Fsp3) is 0.407. The lowest BCUT2D eigenvalue weighted by Gasteiger charge is -2.16. The number of aliphatic hydroxyl groups excluding tert-OH is 1. The van der Waals surface area contributed by atoms with E-state index in [4.69, 9.17) is 25.9 Å². The Morgan fingerprint density at radius 3 is 2.47 bits per heavy atom. The largest absolute Gasteiger partial charge is 0.493 e. The van der Waals surface area contributed by atoms with E-state index in [1.165, 1.54) is 25.7 Å². The molecular weight excluding hydrogens is 430 g/mol. The number of carbonyl (C=O) groups is 1. The van der Waals surface area contributed by atoms with Crippen LogP contribution in [0.5, 0.6) is 11.5 Å². The highest BCUT2D eigenvalue weighted by Crippen LogP contribution is 2.36. The van der Waals surface area contributed by atoms with Gasteiger partial charge in [-0.2, -0.15) is 0 Å². The molecule has 0 aliphatic rings. The first-order valence-corrected chi connectivity index (χ1v) is 11.9. The second-order valence-corrected chi connectivity index (χ2v) is 8.52. The lowest BCUT2D eigenvalue weighted by atomic mass is 9.94. The summed E-state index contributed by atoms with van der Waals surface area (Å²) < 4.78 is 11.6. The van der Waals surface area contributed by atoms with Crippen LogP contribution in [0.25, 0.3) is 22.2 Å². The van der Waals surface area contributed by atoms with Crippen molar-refractivity contribution in [2.75, 3.05) is 19.5 Å². The highest BCUT2D eigenvalue weighted by atomic mass is 16.5. The van der Waals surface area contributed by atoms with Gasteiger partial charge in [-0.25, -0.2) is 4.98 Å². The van der Waals surface area contributed by atoms with Crippen LogP contribution in [0.4, 0.5) is 5.69 Å². The summed E-state index contributed by atoms with van der Waals surface area (Å²) in [6, 6.07) is 8.83. The first kappa shape index (κ1) is 25.3. The number of hydrogen-bond donors (Lipinski definition) is 3. The van der Waals surface area contributed by atoms with E-state index in [0.29, 0.717) is 51.5 Å². The first-order valence-electron chi connectivity index (χ1n) is 11.9. The number of nitrogen functional groups attached to an aromatic ring is 1. The second-order valence-electron chi connectivity index (χ2n) is 8.52. The zero-order valence-electron chi connectivity index (χ0n) is 20.3. The van der Waals surface area contributed by atoms with E-state index < -0.39 is 5.91 Å². The van der Waals surface area contributed by atoms with Gasteiger partial charge in [0.2, 0.25) is 0 Å². The predicted octanol–water partition coefficient (Wildman–Crippen LogP) is 5.13. The van der Waals surface area contributed by atoms with Gasteiger partial charge in [-0.1, -0.05) is 45.1 Å². The van der Waals surface area contributed by atoms with Gasteiger partial charge in [-0.05, 0) is 42.7 Å². The summed E-state index contributed by atoms with van der Waals surface area (Å²) >= 11 is 0. The highest BCUT2D eigenvalue weighted by Gasteiger charge is 2.19. The molecule has 1 heterocycles. The molecule has 0 radical (unpaired) electrons. The van der Waals surface area contributed by atoms with E-state index in [-0.39, 0.29) is 12.2 Å². The van der Waals surface area contributed by atoms with Gasteiger partial charge in [0.15, 0.2) is 11.5 Å². The number of rotatable bonds is 12. The van der Waals surface area contributed by atoms with Crippen LogP contribution in [-0.2, 0) is 6.61 Å². The van der Waals surface area contributed by atoms with Crippen molar-refractivity contribution in [1.82, 2.24) is 4.98 Å². The van der Waals surface area contributed by atoms with E-state index in [2.05, 4.69) is 6.92 Å². The topological polar surface area (TPSA) is 121 Å².